The molecule has 0 unspecified atom stereocenters. The number of methoxy groups -OCH3 is 1. The largest absolute Gasteiger partial charge is 0.375 e. The predicted octanol–water partition coefficient (Wildman–Crippen LogP) is 6.18. The lowest BCUT2D eigenvalue weighted by Gasteiger charge is -2.29. The Morgan fingerprint density at radius 3 is 2.52 bits per heavy atom. The number of ether oxygens (including phenoxy) is 1. The van der Waals surface area contributed by atoms with Gasteiger partial charge in [0, 0.05) is 41.8 Å². The van der Waals surface area contributed by atoms with Gasteiger partial charge < -0.3 is 24.8 Å². The monoisotopic (exact) mass is 553 g/mol. The highest BCUT2D eigenvalue weighted by Gasteiger charge is 2.42. The molecule has 0 radical (unpaired) electrons. The lowest BCUT2D eigenvalue weighted by atomic mass is 9.96. The molecule has 1 aliphatic rings. The molecule has 1 saturated heterocycles. The third-order valence-corrected chi connectivity index (χ3v) is 7.84. The van der Waals surface area contributed by atoms with E-state index >= 15 is 0 Å². The van der Waals surface area contributed by atoms with E-state index in [1.165, 1.54) is 29.5 Å². The van der Waals surface area contributed by atoms with Gasteiger partial charge in [0.1, 0.15) is 6.61 Å². The maximum atomic E-state index is 12.1. The van der Waals surface area contributed by atoms with Crippen LogP contribution in [0.5, 0.6) is 0 Å². The zero-order valence-corrected chi connectivity index (χ0v) is 24.6. The molecule has 4 aromatic rings. The number of thiocarbonyl (C=S) groups is 1. The first-order chi connectivity index (χ1) is 19.2. The Balaban J connectivity index is 1.63. The molecule has 2 aromatic carbocycles. The molecule has 0 bridgehead atoms. The van der Waals surface area contributed by atoms with Crippen molar-refractivity contribution in [2.75, 3.05) is 23.9 Å². The van der Waals surface area contributed by atoms with E-state index in [2.05, 4.69) is 78.1 Å². The van der Waals surface area contributed by atoms with Crippen molar-refractivity contribution < 1.29 is 9.53 Å². The summed E-state index contributed by atoms with van der Waals surface area (Å²) >= 11 is 5.97. The van der Waals surface area contributed by atoms with E-state index in [0.29, 0.717) is 5.11 Å². The number of benzene rings is 2. The molecule has 0 aliphatic carbocycles. The molecule has 8 heteroatoms. The fourth-order valence-corrected chi connectivity index (χ4v) is 5.97. The topological polar surface area (TPSA) is 71.4 Å². The van der Waals surface area contributed by atoms with E-state index in [-0.39, 0.29) is 24.6 Å². The SMILES string of the molecule is COCC(=O)Nc1ccc(N2C(=S)N[C@H](c3ccccn3)[C@H]2c2cc(C)n(-c3cc(C)ccc3C)c2C)cc1C. The lowest BCUT2D eigenvalue weighted by Crippen LogP contribution is -2.29. The molecule has 1 fully saturated rings. The number of nitrogens with one attached hydrogen (secondary N) is 2. The van der Waals surface area contributed by atoms with Crippen LogP contribution in [-0.2, 0) is 9.53 Å². The van der Waals surface area contributed by atoms with Crippen LogP contribution in [0.15, 0.2) is 66.9 Å². The van der Waals surface area contributed by atoms with E-state index in [9.17, 15) is 4.79 Å². The van der Waals surface area contributed by atoms with Crippen LogP contribution in [0.2, 0.25) is 0 Å². The molecule has 3 heterocycles. The van der Waals surface area contributed by atoms with Gasteiger partial charge in [-0.15, -0.1) is 0 Å². The Morgan fingerprint density at radius 1 is 1.02 bits per heavy atom. The summed E-state index contributed by atoms with van der Waals surface area (Å²) in [5, 5.41) is 7.12. The van der Waals surface area contributed by atoms with Gasteiger partial charge >= 0.3 is 0 Å². The third-order valence-electron chi connectivity index (χ3n) is 7.53. The van der Waals surface area contributed by atoms with Crippen molar-refractivity contribution >= 4 is 34.6 Å². The van der Waals surface area contributed by atoms with Gasteiger partial charge in [0.2, 0.25) is 5.91 Å². The number of aryl methyl sites for hydroxylation is 4. The number of hydrogen-bond donors (Lipinski definition) is 2. The van der Waals surface area contributed by atoms with Gasteiger partial charge in [-0.3, -0.25) is 9.78 Å². The lowest BCUT2D eigenvalue weighted by molar-refractivity contribution is -0.119. The Hall–Kier alpha value is -4.01. The summed E-state index contributed by atoms with van der Waals surface area (Å²) in [6.07, 6.45) is 1.82. The summed E-state index contributed by atoms with van der Waals surface area (Å²) in [6, 6.07) is 20.5. The predicted molar refractivity (Wildman–Crippen MR) is 164 cm³/mol. The smallest absolute Gasteiger partial charge is 0.250 e. The van der Waals surface area contributed by atoms with Crippen molar-refractivity contribution in [3.63, 3.8) is 0 Å². The van der Waals surface area contributed by atoms with Gasteiger partial charge in [0.15, 0.2) is 5.11 Å². The molecule has 0 spiro atoms. The number of rotatable bonds is 7. The summed E-state index contributed by atoms with van der Waals surface area (Å²) in [6.45, 7) is 10.6. The zero-order chi connectivity index (χ0) is 28.6. The van der Waals surface area contributed by atoms with Crippen LogP contribution < -0.4 is 15.5 Å². The molecule has 1 amide bonds. The second-order valence-corrected chi connectivity index (χ2v) is 10.8. The Kier molecular flexibility index (Phi) is 7.74. The third kappa shape index (κ3) is 5.12. The fraction of sp³-hybridized carbons (Fsp3) is 0.281. The molecule has 2 aromatic heterocycles. The molecular formula is C32H35N5O2S. The minimum Gasteiger partial charge on any atom is -0.375 e. The summed E-state index contributed by atoms with van der Waals surface area (Å²) in [5.41, 5.74) is 10.7. The quantitative estimate of drug-likeness (QED) is 0.267. The molecule has 5 rings (SSSR count). The highest BCUT2D eigenvalue weighted by Crippen LogP contribution is 2.44. The number of carbonyl (C=O) groups is 1. The minimum atomic E-state index is -0.191. The average Bonchev–Trinajstić information content (AvgIpc) is 3.42. The van der Waals surface area contributed by atoms with E-state index in [1.54, 1.807) is 0 Å². The van der Waals surface area contributed by atoms with Crippen molar-refractivity contribution in [3.05, 3.63) is 106 Å². The van der Waals surface area contributed by atoms with E-state index in [0.717, 1.165) is 34.0 Å². The molecule has 1 aliphatic heterocycles. The molecule has 40 heavy (non-hydrogen) atoms. The number of aromatic nitrogens is 2. The van der Waals surface area contributed by atoms with Crippen molar-refractivity contribution in [2.45, 2.75) is 46.7 Å². The minimum absolute atomic E-state index is 0.00514. The summed E-state index contributed by atoms with van der Waals surface area (Å²) in [5.74, 6) is -0.191. The van der Waals surface area contributed by atoms with Crippen molar-refractivity contribution in [1.29, 1.82) is 0 Å². The van der Waals surface area contributed by atoms with Gasteiger partial charge in [0.05, 0.1) is 17.8 Å². The fourth-order valence-electron chi connectivity index (χ4n) is 5.62. The molecule has 2 atom stereocenters. The molecule has 0 saturated carbocycles. The van der Waals surface area contributed by atoms with Crippen molar-refractivity contribution in [2.24, 2.45) is 0 Å². The maximum Gasteiger partial charge on any atom is 0.250 e. The average molecular weight is 554 g/mol. The molecular weight excluding hydrogens is 518 g/mol. The van der Waals surface area contributed by atoms with Gasteiger partial charge in [-0.2, -0.15) is 0 Å². The molecule has 7 nitrogen and oxygen atoms in total. The summed E-state index contributed by atoms with van der Waals surface area (Å²) in [7, 11) is 1.51. The standard InChI is InChI=1S/C32H35N5O2S/c1-19-10-11-20(2)28(15-19)36-22(4)17-25(23(36)5)31-30(27-9-7-8-14-33-27)35-32(40)37(31)24-12-13-26(21(3)16-24)34-29(38)18-39-6/h7-17,30-31H,18H2,1-6H3,(H,34,38)(H,35,40)/t30-,31-/m1/s1. The van der Waals surface area contributed by atoms with Crippen LogP contribution in [0.25, 0.3) is 5.69 Å². The first-order valence-corrected chi connectivity index (χ1v) is 13.8. The Labute approximate surface area is 241 Å². The molecule has 2 N–H and O–H groups in total. The number of nitrogens with zero attached hydrogens (tertiary/aromatic N) is 3. The Morgan fingerprint density at radius 2 is 1.82 bits per heavy atom. The normalized spacial score (nSPS) is 16.8. The van der Waals surface area contributed by atoms with Gasteiger partial charge in [-0.05, 0) is 112 Å². The first kappa shape index (κ1) is 27.6. The second-order valence-electron chi connectivity index (χ2n) is 10.4. The van der Waals surface area contributed by atoms with Gasteiger partial charge in [-0.1, -0.05) is 18.2 Å². The van der Waals surface area contributed by atoms with Gasteiger partial charge in [0.25, 0.3) is 0 Å². The maximum absolute atomic E-state index is 12.1. The molecule has 206 valence electrons. The number of carbonyl (C=O) groups excluding carboxylic acids is 1. The number of anilines is 2. The van der Waals surface area contributed by atoms with Gasteiger partial charge in [-0.25, -0.2) is 0 Å². The van der Waals surface area contributed by atoms with Crippen LogP contribution >= 0.6 is 12.2 Å². The first-order valence-electron chi connectivity index (χ1n) is 13.4. The summed E-state index contributed by atoms with van der Waals surface area (Å²) < 4.78 is 7.31. The van der Waals surface area contributed by atoms with Crippen LogP contribution in [-0.4, -0.2) is 34.3 Å². The van der Waals surface area contributed by atoms with E-state index in [4.69, 9.17) is 21.9 Å². The van der Waals surface area contributed by atoms with Crippen molar-refractivity contribution in [1.82, 2.24) is 14.9 Å². The summed E-state index contributed by atoms with van der Waals surface area (Å²) in [4.78, 5) is 19.0. The second kappa shape index (κ2) is 11.2. The van der Waals surface area contributed by atoms with Crippen LogP contribution in [0, 0.1) is 34.6 Å². The highest BCUT2D eigenvalue weighted by atomic mass is 32.1. The van der Waals surface area contributed by atoms with E-state index in [1.807, 2.05) is 43.5 Å². The Bertz CT molecular complexity index is 1580. The van der Waals surface area contributed by atoms with Crippen LogP contribution in [0.4, 0.5) is 11.4 Å². The van der Waals surface area contributed by atoms with E-state index < -0.39 is 0 Å². The van der Waals surface area contributed by atoms with Crippen LogP contribution in [0.1, 0.15) is 51.4 Å². The highest BCUT2D eigenvalue weighted by molar-refractivity contribution is 7.80. The van der Waals surface area contributed by atoms with Crippen molar-refractivity contribution in [3.8, 4) is 5.69 Å². The number of pyridine rings is 1. The van der Waals surface area contributed by atoms with Crippen LogP contribution in [0.3, 0.4) is 0 Å². The zero-order valence-electron chi connectivity index (χ0n) is 23.8. The number of amides is 1. The number of hydrogen-bond acceptors (Lipinski definition) is 4.